The monoisotopic (exact) mass is 219 g/mol. The lowest BCUT2D eigenvalue weighted by atomic mass is 9.86. The molecule has 0 saturated heterocycles. The van der Waals surface area contributed by atoms with Crippen LogP contribution >= 0.6 is 0 Å². The predicted molar refractivity (Wildman–Crippen MR) is 67.9 cm³/mol. The molecule has 0 aliphatic rings. The second-order valence-corrected chi connectivity index (χ2v) is 4.91. The van der Waals surface area contributed by atoms with Gasteiger partial charge in [0.1, 0.15) is 0 Å². The SMILES string of the molecule is Cc1c(C(C)C)ccc(C(N)=O)c1C(C)C. The number of hydrogen-bond acceptors (Lipinski definition) is 1. The first-order valence-electron chi connectivity index (χ1n) is 5.79. The second-order valence-electron chi connectivity index (χ2n) is 4.91. The quantitative estimate of drug-likeness (QED) is 0.832. The molecule has 0 aliphatic carbocycles. The van der Waals surface area contributed by atoms with Gasteiger partial charge in [0.05, 0.1) is 0 Å². The number of rotatable bonds is 3. The highest BCUT2D eigenvalue weighted by Gasteiger charge is 2.17. The smallest absolute Gasteiger partial charge is 0.248 e. The van der Waals surface area contributed by atoms with Gasteiger partial charge in [0.25, 0.3) is 0 Å². The van der Waals surface area contributed by atoms with E-state index < -0.39 is 0 Å². The zero-order valence-corrected chi connectivity index (χ0v) is 10.8. The standard InChI is InChI=1S/C14H21NO/c1-8(2)11-6-7-12(14(15)16)13(9(3)4)10(11)5/h6-9H,1-5H3,(H2,15,16). The molecule has 0 radical (unpaired) electrons. The number of hydrogen-bond donors (Lipinski definition) is 1. The van der Waals surface area contributed by atoms with E-state index in [1.165, 1.54) is 11.1 Å². The van der Waals surface area contributed by atoms with Crippen molar-refractivity contribution in [1.29, 1.82) is 0 Å². The number of nitrogens with two attached hydrogens (primary N) is 1. The van der Waals surface area contributed by atoms with Gasteiger partial charge in [-0.05, 0) is 41.5 Å². The first kappa shape index (κ1) is 12.8. The van der Waals surface area contributed by atoms with E-state index >= 15 is 0 Å². The van der Waals surface area contributed by atoms with E-state index in [4.69, 9.17) is 5.73 Å². The van der Waals surface area contributed by atoms with Gasteiger partial charge in [0.15, 0.2) is 0 Å². The maximum absolute atomic E-state index is 11.4. The van der Waals surface area contributed by atoms with Gasteiger partial charge in [0, 0.05) is 5.56 Å². The van der Waals surface area contributed by atoms with E-state index in [0.717, 1.165) is 5.56 Å². The van der Waals surface area contributed by atoms with Crippen LogP contribution in [0.2, 0.25) is 0 Å². The molecule has 16 heavy (non-hydrogen) atoms. The molecule has 0 fully saturated rings. The van der Waals surface area contributed by atoms with Gasteiger partial charge in [0.2, 0.25) is 5.91 Å². The Bertz CT molecular complexity index is 405. The van der Waals surface area contributed by atoms with Crippen LogP contribution in [0, 0.1) is 6.92 Å². The Balaban J connectivity index is 3.48. The molecule has 1 aromatic carbocycles. The van der Waals surface area contributed by atoms with Crippen molar-refractivity contribution >= 4 is 5.91 Å². The first-order valence-corrected chi connectivity index (χ1v) is 5.79. The molecule has 1 amide bonds. The van der Waals surface area contributed by atoms with Crippen LogP contribution in [0.3, 0.4) is 0 Å². The molecule has 0 aromatic heterocycles. The Hall–Kier alpha value is -1.31. The Morgan fingerprint density at radius 1 is 1.12 bits per heavy atom. The summed E-state index contributed by atoms with van der Waals surface area (Å²) in [5, 5.41) is 0. The summed E-state index contributed by atoms with van der Waals surface area (Å²) in [4.78, 5) is 11.4. The molecule has 1 aromatic rings. The van der Waals surface area contributed by atoms with E-state index in [1.54, 1.807) is 0 Å². The summed E-state index contributed by atoms with van der Waals surface area (Å²) in [6, 6.07) is 3.88. The maximum atomic E-state index is 11.4. The van der Waals surface area contributed by atoms with Crippen LogP contribution in [0.15, 0.2) is 12.1 Å². The molecule has 2 nitrogen and oxygen atoms in total. The minimum atomic E-state index is -0.331. The van der Waals surface area contributed by atoms with Crippen LogP contribution < -0.4 is 5.73 Å². The van der Waals surface area contributed by atoms with Crippen molar-refractivity contribution in [1.82, 2.24) is 0 Å². The van der Waals surface area contributed by atoms with Gasteiger partial charge in [-0.25, -0.2) is 0 Å². The van der Waals surface area contributed by atoms with Crippen molar-refractivity contribution in [2.45, 2.75) is 46.5 Å². The Morgan fingerprint density at radius 3 is 2.06 bits per heavy atom. The number of primary amides is 1. The summed E-state index contributed by atoms with van der Waals surface area (Å²) in [5.74, 6) is 0.461. The normalized spacial score (nSPS) is 11.2. The van der Waals surface area contributed by atoms with Crippen LogP contribution in [0.25, 0.3) is 0 Å². The molecule has 0 heterocycles. The summed E-state index contributed by atoms with van der Waals surface area (Å²) < 4.78 is 0. The summed E-state index contributed by atoms with van der Waals surface area (Å²) in [5.41, 5.74) is 9.68. The molecular formula is C14H21NO. The van der Waals surface area contributed by atoms with Gasteiger partial charge in [-0.2, -0.15) is 0 Å². The summed E-state index contributed by atoms with van der Waals surface area (Å²) in [6.07, 6.45) is 0. The van der Waals surface area contributed by atoms with Crippen LogP contribution in [0.1, 0.15) is 66.6 Å². The Morgan fingerprint density at radius 2 is 1.69 bits per heavy atom. The number of benzene rings is 1. The summed E-state index contributed by atoms with van der Waals surface area (Å²) in [7, 11) is 0. The van der Waals surface area contributed by atoms with Gasteiger partial charge in [-0.1, -0.05) is 33.8 Å². The van der Waals surface area contributed by atoms with Crippen molar-refractivity contribution in [2.75, 3.05) is 0 Å². The van der Waals surface area contributed by atoms with Crippen molar-refractivity contribution in [2.24, 2.45) is 5.73 Å². The second kappa shape index (κ2) is 4.69. The lowest BCUT2D eigenvalue weighted by Crippen LogP contribution is -2.16. The molecule has 88 valence electrons. The summed E-state index contributed by atoms with van der Waals surface area (Å²) >= 11 is 0. The Kier molecular flexibility index (Phi) is 3.74. The fourth-order valence-corrected chi connectivity index (χ4v) is 2.33. The van der Waals surface area contributed by atoms with Gasteiger partial charge in [-0.3, -0.25) is 4.79 Å². The van der Waals surface area contributed by atoms with E-state index in [9.17, 15) is 4.79 Å². The lowest BCUT2D eigenvalue weighted by Gasteiger charge is -2.19. The zero-order valence-electron chi connectivity index (χ0n) is 10.8. The number of amides is 1. The average molecular weight is 219 g/mol. The maximum Gasteiger partial charge on any atom is 0.248 e. The minimum absolute atomic E-state index is 0.321. The third-order valence-corrected chi connectivity index (χ3v) is 3.02. The highest BCUT2D eigenvalue weighted by molar-refractivity contribution is 5.95. The van der Waals surface area contributed by atoms with E-state index in [0.29, 0.717) is 17.4 Å². The van der Waals surface area contributed by atoms with Gasteiger partial charge < -0.3 is 5.73 Å². The highest BCUT2D eigenvalue weighted by atomic mass is 16.1. The van der Waals surface area contributed by atoms with Crippen LogP contribution in [-0.4, -0.2) is 5.91 Å². The third kappa shape index (κ3) is 2.26. The van der Waals surface area contributed by atoms with Crippen molar-refractivity contribution < 1.29 is 4.79 Å². The summed E-state index contributed by atoms with van der Waals surface area (Å²) in [6.45, 7) is 10.6. The molecule has 0 atom stereocenters. The molecule has 0 saturated carbocycles. The fourth-order valence-electron chi connectivity index (χ4n) is 2.33. The fraction of sp³-hybridized carbons (Fsp3) is 0.500. The zero-order chi connectivity index (χ0) is 12.5. The third-order valence-electron chi connectivity index (χ3n) is 3.02. The van der Waals surface area contributed by atoms with E-state index in [1.807, 2.05) is 12.1 Å². The Labute approximate surface area is 97.9 Å². The molecule has 2 N–H and O–H groups in total. The predicted octanol–water partition coefficient (Wildman–Crippen LogP) is 3.34. The van der Waals surface area contributed by atoms with Crippen LogP contribution in [0.4, 0.5) is 0 Å². The lowest BCUT2D eigenvalue weighted by molar-refractivity contribution is 0.0999. The number of carbonyl (C=O) groups excluding carboxylic acids is 1. The number of carbonyl (C=O) groups is 1. The molecule has 0 spiro atoms. The highest BCUT2D eigenvalue weighted by Crippen LogP contribution is 2.29. The van der Waals surface area contributed by atoms with E-state index in [-0.39, 0.29) is 5.91 Å². The average Bonchev–Trinajstić information content (AvgIpc) is 2.15. The molecular weight excluding hydrogens is 198 g/mol. The van der Waals surface area contributed by atoms with Gasteiger partial charge in [-0.15, -0.1) is 0 Å². The topological polar surface area (TPSA) is 43.1 Å². The van der Waals surface area contributed by atoms with E-state index in [2.05, 4.69) is 34.6 Å². The van der Waals surface area contributed by atoms with Crippen molar-refractivity contribution in [3.8, 4) is 0 Å². The molecule has 1 rings (SSSR count). The van der Waals surface area contributed by atoms with Gasteiger partial charge >= 0.3 is 0 Å². The first-order chi connectivity index (χ1) is 7.36. The van der Waals surface area contributed by atoms with Crippen LogP contribution in [-0.2, 0) is 0 Å². The largest absolute Gasteiger partial charge is 0.366 e. The molecule has 0 unspecified atom stereocenters. The van der Waals surface area contributed by atoms with Crippen LogP contribution in [0.5, 0.6) is 0 Å². The minimum Gasteiger partial charge on any atom is -0.366 e. The van der Waals surface area contributed by atoms with Crippen molar-refractivity contribution in [3.63, 3.8) is 0 Å². The molecule has 0 bridgehead atoms. The molecule has 0 aliphatic heterocycles. The molecule has 2 heteroatoms. The van der Waals surface area contributed by atoms with Crippen molar-refractivity contribution in [3.05, 3.63) is 34.4 Å².